The van der Waals surface area contributed by atoms with Crippen LogP contribution in [0.5, 0.6) is 0 Å². The van der Waals surface area contributed by atoms with Crippen molar-refractivity contribution in [2.24, 2.45) is 11.7 Å². The summed E-state index contributed by atoms with van der Waals surface area (Å²) >= 11 is 0. The molecule has 0 aliphatic heterocycles. The number of hydrogen-bond acceptors (Lipinski definition) is 2. The van der Waals surface area contributed by atoms with E-state index in [1.165, 1.54) is 11.1 Å². The molecule has 0 fully saturated rings. The summed E-state index contributed by atoms with van der Waals surface area (Å²) in [5.41, 5.74) is 8.24. The van der Waals surface area contributed by atoms with Gasteiger partial charge in [0.05, 0.1) is 0 Å². The number of benzene rings is 1. The molecule has 1 aliphatic carbocycles. The Morgan fingerprint density at radius 3 is 2.73 bits per heavy atom. The van der Waals surface area contributed by atoms with Crippen molar-refractivity contribution in [3.8, 4) is 0 Å². The Kier molecular flexibility index (Phi) is 2.73. The third-order valence-electron chi connectivity index (χ3n) is 3.18. The standard InChI is InChI=1S/C12H15NO2/c13-11(12(14)15)10-6-5-8-3-1-2-4-9(8)7-10/h1-4,10-11H,5-7,13H2,(H,14,15)/t10-,11-/m0/s1. The van der Waals surface area contributed by atoms with E-state index in [4.69, 9.17) is 10.8 Å². The van der Waals surface area contributed by atoms with Crippen LogP contribution in [0, 0.1) is 5.92 Å². The van der Waals surface area contributed by atoms with E-state index in [2.05, 4.69) is 12.1 Å². The summed E-state index contributed by atoms with van der Waals surface area (Å²) in [5, 5.41) is 8.86. The SMILES string of the molecule is N[C@H](C(=O)O)[C@H]1CCc2ccccc2C1. The molecule has 0 saturated carbocycles. The number of carboxylic acids is 1. The molecule has 3 N–H and O–H groups in total. The first-order valence-corrected chi connectivity index (χ1v) is 5.23. The number of nitrogens with two attached hydrogens (primary N) is 1. The van der Waals surface area contributed by atoms with Gasteiger partial charge in [-0.2, -0.15) is 0 Å². The Hall–Kier alpha value is -1.35. The van der Waals surface area contributed by atoms with E-state index in [0.29, 0.717) is 0 Å². The van der Waals surface area contributed by atoms with E-state index in [1.807, 2.05) is 12.1 Å². The first-order chi connectivity index (χ1) is 7.18. The van der Waals surface area contributed by atoms with Gasteiger partial charge in [-0.05, 0) is 36.3 Å². The second-order valence-corrected chi connectivity index (χ2v) is 4.14. The molecule has 0 saturated heterocycles. The lowest BCUT2D eigenvalue weighted by Crippen LogP contribution is -2.40. The van der Waals surface area contributed by atoms with Gasteiger partial charge < -0.3 is 10.8 Å². The zero-order valence-corrected chi connectivity index (χ0v) is 8.52. The normalized spacial score (nSPS) is 21.8. The molecule has 0 radical (unpaired) electrons. The largest absolute Gasteiger partial charge is 0.480 e. The van der Waals surface area contributed by atoms with E-state index >= 15 is 0 Å². The van der Waals surface area contributed by atoms with Crippen molar-refractivity contribution in [3.05, 3.63) is 35.4 Å². The molecular formula is C12H15NO2. The highest BCUT2D eigenvalue weighted by Gasteiger charge is 2.27. The fraction of sp³-hybridized carbons (Fsp3) is 0.417. The van der Waals surface area contributed by atoms with Crippen LogP contribution in [0.25, 0.3) is 0 Å². The Morgan fingerprint density at radius 2 is 2.07 bits per heavy atom. The number of fused-ring (bicyclic) bond motifs is 1. The minimum atomic E-state index is -0.889. The topological polar surface area (TPSA) is 63.3 Å². The second-order valence-electron chi connectivity index (χ2n) is 4.14. The molecule has 0 heterocycles. The van der Waals surface area contributed by atoms with Crippen molar-refractivity contribution in [3.63, 3.8) is 0 Å². The van der Waals surface area contributed by atoms with Crippen molar-refractivity contribution in [2.75, 3.05) is 0 Å². The van der Waals surface area contributed by atoms with Crippen LogP contribution >= 0.6 is 0 Å². The number of carbonyl (C=O) groups is 1. The minimum Gasteiger partial charge on any atom is -0.480 e. The first kappa shape index (κ1) is 10.2. The van der Waals surface area contributed by atoms with E-state index in [0.717, 1.165) is 19.3 Å². The number of aryl methyl sites for hydroxylation is 1. The Bertz CT molecular complexity index is 376. The smallest absolute Gasteiger partial charge is 0.320 e. The third kappa shape index (κ3) is 2.02. The summed E-state index contributed by atoms with van der Waals surface area (Å²) in [6.45, 7) is 0. The second kappa shape index (κ2) is 4.03. The van der Waals surface area contributed by atoms with Crippen LogP contribution < -0.4 is 5.73 Å². The van der Waals surface area contributed by atoms with Crippen LogP contribution in [0.15, 0.2) is 24.3 Å². The van der Waals surface area contributed by atoms with Gasteiger partial charge in [0.1, 0.15) is 6.04 Å². The first-order valence-electron chi connectivity index (χ1n) is 5.23. The maximum absolute atomic E-state index is 10.8. The number of carboxylic acid groups (broad SMARTS) is 1. The summed E-state index contributed by atoms with van der Waals surface area (Å²) in [5.74, 6) is -0.809. The monoisotopic (exact) mass is 205 g/mol. The molecule has 2 rings (SSSR count). The van der Waals surface area contributed by atoms with Crippen molar-refractivity contribution in [2.45, 2.75) is 25.3 Å². The van der Waals surface area contributed by atoms with Gasteiger partial charge in [-0.3, -0.25) is 4.79 Å². The third-order valence-corrected chi connectivity index (χ3v) is 3.18. The quantitative estimate of drug-likeness (QED) is 0.762. The number of hydrogen-bond donors (Lipinski definition) is 2. The van der Waals surface area contributed by atoms with Gasteiger partial charge in [-0.15, -0.1) is 0 Å². The maximum Gasteiger partial charge on any atom is 0.320 e. The molecule has 2 atom stereocenters. The molecule has 3 heteroatoms. The molecule has 0 spiro atoms. The number of aliphatic carboxylic acids is 1. The summed E-state index contributed by atoms with van der Waals surface area (Å²) in [6, 6.07) is 7.47. The minimum absolute atomic E-state index is 0.0809. The fourth-order valence-corrected chi connectivity index (χ4v) is 2.23. The van der Waals surface area contributed by atoms with E-state index < -0.39 is 12.0 Å². The highest BCUT2D eigenvalue weighted by molar-refractivity contribution is 5.73. The van der Waals surface area contributed by atoms with Crippen molar-refractivity contribution < 1.29 is 9.90 Å². The van der Waals surface area contributed by atoms with Gasteiger partial charge in [0, 0.05) is 0 Å². The molecule has 1 aromatic carbocycles. The van der Waals surface area contributed by atoms with Crippen LogP contribution in [0.4, 0.5) is 0 Å². The molecule has 1 aliphatic rings. The van der Waals surface area contributed by atoms with Crippen LogP contribution in [0.3, 0.4) is 0 Å². The van der Waals surface area contributed by atoms with Crippen molar-refractivity contribution >= 4 is 5.97 Å². The van der Waals surface area contributed by atoms with Crippen molar-refractivity contribution in [1.29, 1.82) is 0 Å². The predicted molar refractivity (Wildman–Crippen MR) is 57.6 cm³/mol. The summed E-state index contributed by atoms with van der Waals surface area (Å²) in [4.78, 5) is 10.8. The molecule has 15 heavy (non-hydrogen) atoms. The van der Waals surface area contributed by atoms with Crippen molar-refractivity contribution in [1.82, 2.24) is 0 Å². The zero-order valence-electron chi connectivity index (χ0n) is 8.52. The number of rotatable bonds is 2. The van der Waals surface area contributed by atoms with Gasteiger partial charge >= 0.3 is 5.97 Å². The molecule has 0 amide bonds. The van der Waals surface area contributed by atoms with E-state index in [1.54, 1.807) is 0 Å². The lowest BCUT2D eigenvalue weighted by Gasteiger charge is -2.26. The molecular weight excluding hydrogens is 190 g/mol. The van der Waals surface area contributed by atoms with E-state index in [9.17, 15) is 4.79 Å². The Labute approximate surface area is 88.9 Å². The summed E-state index contributed by atoms with van der Waals surface area (Å²) in [7, 11) is 0. The molecule has 80 valence electrons. The molecule has 0 bridgehead atoms. The molecule has 0 unspecified atom stereocenters. The summed E-state index contributed by atoms with van der Waals surface area (Å²) in [6.07, 6.45) is 2.62. The van der Waals surface area contributed by atoms with Crippen LogP contribution in [0.2, 0.25) is 0 Å². The highest BCUT2D eigenvalue weighted by atomic mass is 16.4. The van der Waals surface area contributed by atoms with Gasteiger partial charge in [0.2, 0.25) is 0 Å². The molecule has 1 aromatic rings. The average molecular weight is 205 g/mol. The average Bonchev–Trinajstić information content (AvgIpc) is 2.27. The van der Waals surface area contributed by atoms with Gasteiger partial charge in [0.25, 0.3) is 0 Å². The zero-order chi connectivity index (χ0) is 10.8. The lowest BCUT2D eigenvalue weighted by atomic mass is 9.80. The predicted octanol–water partition coefficient (Wildman–Crippen LogP) is 1.20. The van der Waals surface area contributed by atoms with E-state index in [-0.39, 0.29) is 5.92 Å². The van der Waals surface area contributed by atoms with Crippen LogP contribution in [0.1, 0.15) is 17.5 Å². The Balaban J connectivity index is 2.15. The maximum atomic E-state index is 10.8. The molecule has 0 aromatic heterocycles. The lowest BCUT2D eigenvalue weighted by molar-refractivity contribution is -0.140. The van der Waals surface area contributed by atoms with Crippen LogP contribution in [-0.4, -0.2) is 17.1 Å². The summed E-state index contributed by atoms with van der Waals surface area (Å²) < 4.78 is 0. The van der Waals surface area contributed by atoms with Gasteiger partial charge in [-0.25, -0.2) is 0 Å². The Morgan fingerprint density at radius 1 is 1.40 bits per heavy atom. The van der Waals surface area contributed by atoms with Gasteiger partial charge in [-0.1, -0.05) is 24.3 Å². The van der Waals surface area contributed by atoms with Gasteiger partial charge in [0.15, 0.2) is 0 Å². The highest BCUT2D eigenvalue weighted by Crippen LogP contribution is 2.26. The fourth-order valence-electron chi connectivity index (χ4n) is 2.23. The van der Waals surface area contributed by atoms with Crippen LogP contribution in [-0.2, 0) is 17.6 Å². The molecule has 3 nitrogen and oxygen atoms in total.